The zero-order valence-corrected chi connectivity index (χ0v) is 11.9. The third-order valence-electron chi connectivity index (χ3n) is 3.71. The number of benzene rings is 1. The lowest BCUT2D eigenvalue weighted by atomic mass is 10.0. The zero-order chi connectivity index (χ0) is 13.4. The first-order valence-corrected chi connectivity index (χ1v) is 7.17. The molecule has 0 saturated heterocycles. The normalized spacial score (nSPS) is 12.9. The fourth-order valence-electron chi connectivity index (χ4n) is 2.09. The van der Waals surface area contributed by atoms with Crippen molar-refractivity contribution >= 4 is 0 Å². The van der Waals surface area contributed by atoms with Gasteiger partial charge in [-0.15, -0.1) is 0 Å². The lowest BCUT2D eigenvalue weighted by Gasteiger charge is -2.18. The van der Waals surface area contributed by atoms with E-state index in [-0.39, 0.29) is 0 Å². The molecule has 0 amide bonds. The first kappa shape index (κ1) is 15.0. The third-order valence-corrected chi connectivity index (χ3v) is 3.71. The summed E-state index contributed by atoms with van der Waals surface area (Å²) in [7, 11) is 0. The minimum absolute atomic E-state index is 0.346. The van der Waals surface area contributed by atoms with Gasteiger partial charge in [-0.05, 0) is 49.9 Å². The predicted molar refractivity (Wildman–Crippen MR) is 78.0 cm³/mol. The summed E-state index contributed by atoms with van der Waals surface area (Å²) in [5, 5.41) is 12.8. The molecule has 18 heavy (non-hydrogen) atoms. The van der Waals surface area contributed by atoms with Gasteiger partial charge in [0, 0.05) is 6.04 Å². The Morgan fingerprint density at radius 2 is 1.72 bits per heavy atom. The predicted octanol–water partition coefficient (Wildman–Crippen LogP) is 3.74. The first-order valence-electron chi connectivity index (χ1n) is 7.17. The van der Waals surface area contributed by atoms with Crippen LogP contribution in [0.15, 0.2) is 24.3 Å². The molecule has 2 N–H and O–H groups in total. The number of phenolic OH excluding ortho intramolecular Hbond substituents is 1. The lowest BCUT2D eigenvalue weighted by molar-refractivity contribution is 0.407. The summed E-state index contributed by atoms with van der Waals surface area (Å²) >= 11 is 0. The number of aromatic hydroxyl groups is 1. The quantitative estimate of drug-likeness (QED) is 0.735. The van der Waals surface area contributed by atoms with Gasteiger partial charge in [0.25, 0.3) is 0 Å². The molecule has 1 aromatic carbocycles. The Balaban J connectivity index is 2.24. The van der Waals surface area contributed by atoms with Gasteiger partial charge in [-0.25, -0.2) is 0 Å². The van der Waals surface area contributed by atoms with Crippen LogP contribution in [-0.4, -0.2) is 17.7 Å². The average molecular weight is 249 g/mol. The molecule has 102 valence electrons. The van der Waals surface area contributed by atoms with E-state index in [0.717, 1.165) is 25.3 Å². The SMILES string of the molecule is CCC(CC)CNC(C)CCc1ccc(O)cc1. The van der Waals surface area contributed by atoms with E-state index >= 15 is 0 Å². The van der Waals surface area contributed by atoms with E-state index in [4.69, 9.17) is 0 Å². The number of aryl methyl sites for hydroxylation is 1. The Morgan fingerprint density at radius 3 is 2.28 bits per heavy atom. The van der Waals surface area contributed by atoms with Gasteiger partial charge >= 0.3 is 0 Å². The Bertz CT molecular complexity index is 316. The maximum absolute atomic E-state index is 9.22. The van der Waals surface area contributed by atoms with Gasteiger partial charge in [-0.2, -0.15) is 0 Å². The number of nitrogens with one attached hydrogen (secondary N) is 1. The summed E-state index contributed by atoms with van der Waals surface area (Å²) < 4.78 is 0. The second kappa shape index (κ2) is 8.15. The minimum Gasteiger partial charge on any atom is -0.508 e. The molecule has 0 saturated carbocycles. The summed E-state index contributed by atoms with van der Waals surface area (Å²) in [6.07, 6.45) is 4.73. The lowest BCUT2D eigenvalue weighted by Crippen LogP contribution is -2.31. The van der Waals surface area contributed by atoms with E-state index < -0.39 is 0 Å². The average Bonchev–Trinajstić information content (AvgIpc) is 2.39. The molecule has 0 spiro atoms. The molecule has 1 unspecified atom stereocenters. The summed E-state index contributed by atoms with van der Waals surface area (Å²) in [5.74, 6) is 1.15. The molecule has 0 heterocycles. The van der Waals surface area contributed by atoms with E-state index in [1.165, 1.54) is 18.4 Å². The topological polar surface area (TPSA) is 32.3 Å². The van der Waals surface area contributed by atoms with E-state index in [2.05, 4.69) is 26.1 Å². The standard InChI is InChI=1S/C16H27NO/c1-4-14(5-2)12-17-13(3)6-7-15-8-10-16(18)11-9-15/h8-11,13-14,17-18H,4-7,12H2,1-3H3. The van der Waals surface area contributed by atoms with Crippen molar-refractivity contribution in [2.75, 3.05) is 6.54 Å². The molecule has 0 fully saturated rings. The van der Waals surface area contributed by atoms with Crippen molar-refractivity contribution in [3.8, 4) is 5.75 Å². The van der Waals surface area contributed by atoms with Crippen LogP contribution in [0.2, 0.25) is 0 Å². The number of hydrogen-bond acceptors (Lipinski definition) is 2. The van der Waals surface area contributed by atoms with Crippen molar-refractivity contribution < 1.29 is 5.11 Å². The minimum atomic E-state index is 0.346. The van der Waals surface area contributed by atoms with E-state index in [9.17, 15) is 5.11 Å². The summed E-state index contributed by atoms with van der Waals surface area (Å²) in [6, 6.07) is 8.08. The van der Waals surface area contributed by atoms with Crippen LogP contribution in [0.4, 0.5) is 0 Å². The second-order valence-corrected chi connectivity index (χ2v) is 5.20. The Morgan fingerprint density at radius 1 is 1.11 bits per heavy atom. The molecule has 0 bridgehead atoms. The zero-order valence-electron chi connectivity index (χ0n) is 11.9. The van der Waals surface area contributed by atoms with Gasteiger partial charge in [0.2, 0.25) is 0 Å². The van der Waals surface area contributed by atoms with Crippen LogP contribution in [0.25, 0.3) is 0 Å². The summed E-state index contributed by atoms with van der Waals surface area (Å²) in [6.45, 7) is 7.90. The van der Waals surface area contributed by atoms with Crippen LogP contribution in [0.3, 0.4) is 0 Å². The Hall–Kier alpha value is -1.02. The molecule has 0 aromatic heterocycles. The highest BCUT2D eigenvalue weighted by Crippen LogP contribution is 2.12. The van der Waals surface area contributed by atoms with Crippen molar-refractivity contribution in [2.45, 2.75) is 52.5 Å². The van der Waals surface area contributed by atoms with E-state index in [1.807, 2.05) is 12.1 Å². The van der Waals surface area contributed by atoms with Crippen molar-refractivity contribution in [3.05, 3.63) is 29.8 Å². The van der Waals surface area contributed by atoms with Gasteiger partial charge in [-0.1, -0.05) is 38.8 Å². The Labute approximate surface area is 111 Å². The molecule has 1 atom stereocenters. The number of phenols is 1. The van der Waals surface area contributed by atoms with Gasteiger partial charge in [0.05, 0.1) is 0 Å². The first-order chi connectivity index (χ1) is 8.65. The molecular formula is C16H27NO. The fourth-order valence-corrected chi connectivity index (χ4v) is 2.09. The van der Waals surface area contributed by atoms with Crippen LogP contribution < -0.4 is 5.32 Å². The van der Waals surface area contributed by atoms with E-state index in [0.29, 0.717) is 11.8 Å². The molecule has 2 heteroatoms. The largest absolute Gasteiger partial charge is 0.508 e. The fraction of sp³-hybridized carbons (Fsp3) is 0.625. The molecule has 0 radical (unpaired) electrons. The van der Waals surface area contributed by atoms with Crippen LogP contribution >= 0.6 is 0 Å². The highest BCUT2D eigenvalue weighted by Gasteiger charge is 2.06. The van der Waals surface area contributed by atoms with Crippen molar-refractivity contribution in [2.24, 2.45) is 5.92 Å². The third kappa shape index (κ3) is 5.54. The maximum atomic E-state index is 9.22. The number of hydrogen-bond donors (Lipinski definition) is 2. The highest BCUT2D eigenvalue weighted by atomic mass is 16.3. The van der Waals surface area contributed by atoms with Crippen molar-refractivity contribution in [1.29, 1.82) is 0 Å². The highest BCUT2D eigenvalue weighted by molar-refractivity contribution is 5.25. The molecule has 1 aromatic rings. The van der Waals surface area contributed by atoms with Crippen molar-refractivity contribution in [3.63, 3.8) is 0 Å². The van der Waals surface area contributed by atoms with Gasteiger partial charge in [0.15, 0.2) is 0 Å². The van der Waals surface area contributed by atoms with Gasteiger partial charge < -0.3 is 10.4 Å². The molecule has 0 aliphatic carbocycles. The van der Waals surface area contributed by atoms with E-state index in [1.54, 1.807) is 12.1 Å². The molecule has 0 aliphatic rings. The van der Waals surface area contributed by atoms with Crippen molar-refractivity contribution in [1.82, 2.24) is 5.32 Å². The monoisotopic (exact) mass is 249 g/mol. The molecule has 1 rings (SSSR count). The molecular weight excluding hydrogens is 222 g/mol. The van der Waals surface area contributed by atoms with Crippen LogP contribution in [0.5, 0.6) is 5.75 Å². The van der Waals surface area contributed by atoms with Crippen LogP contribution in [0.1, 0.15) is 45.6 Å². The van der Waals surface area contributed by atoms with Gasteiger partial charge in [-0.3, -0.25) is 0 Å². The smallest absolute Gasteiger partial charge is 0.115 e. The van der Waals surface area contributed by atoms with Gasteiger partial charge in [0.1, 0.15) is 5.75 Å². The summed E-state index contributed by atoms with van der Waals surface area (Å²) in [5.41, 5.74) is 1.30. The Kier molecular flexibility index (Phi) is 6.81. The van der Waals surface area contributed by atoms with Crippen LogP contribution in [0, 0.1) is 5.92 Å². The molecule has 2 nitrogen and oxygen atoms in total. The molecule has 0 aliphatic heterocycles. The second-order valence-electron chi connectivity index (χ2n) is 5.20. The van der Waals surface area contributed by atoms with Crippen LogP contribution in [-0.2, 0) is 6.42 Å². The summed E-state index contributed by atoms with van der Waals surface area (Å²) in [4.78, 5) is 0. The maximum Gasteiger partial charge on any atom is 0.115 e. The number of rotatable bonds is 8.